The highest BCUT2D eigenvalue weighted by Crippen LogP contribution is 2.21. The van der Waals surface area contributed by atoms with Gasteiger partial charge in [0, 0.05) is 25.7 Å². The summed E-state index contributed by atoms with van der Waals surface area (Å²) in [6.07, 6.45) is 1.69. The van der Waals surface area contributed by atoms with E-state index in [-0.39, 0.29) is 12.0 Å². The normalized spacial score (nSPS) is 15.9. The third-order valence-corrected chi connectivity index (χ3v) is 3.81. The van der Waals surface area contributed by atoms with Gasteiger partial charge in [0.2, 0.25) is 0 Å². The minimum atomic E-state index is -0.417. The van der Waals surface area contributed by atoms with E-state index in [0.717, 1.165) is 31.3 Å². The Kier molecular flexibility index (Phi) is 5.70. The van der Waals surface area contributed by atoms with Crippen LogP contribution in [0, 0.1) is 0 Å². The first-order valence-corrected chi connectivity index (χ1v) is 7.44. The number of carbonyl (C=O) groups excluding carboxylic acids is 2. The van der Waals surface area contributed by atoms with Crippen molar-refractivity contribution in [2.24, 2.45) is 5.16 Å². The van der Waals surface area contributed by atoms with Crippen LogP contribution < -0.4 is 5.32 Å². The van der Waals surface area contributed by atoms with Crippen molar-refractivity contribution >= 4 is 18.1 Å². The smallest absolute Gasteiger partial charge is 0.337 e. The van der Waals surface area contributed by atoms with E-state index in [1.54, 1.807) is 6.07 Å². The molecule has 124 valence electrons. The fourth-order valence-corrected chi connectivity index (χ4v) is 2.78. The lowest BCUT2D eigenvalue weighted by Crippen LogP contribution is -2.44. The number of hydrogen-bond donors (Lipinski definition) is 2. The van der Waals surface area contributed by atoms with Crippen LogP contribution in [0.25, 0.3) is 0 Å². The molecule has 1 atom stereocenters. The number of carbonyl (C=O) groups is 2. The number of fused-ring (bicyclic) bond motifs is 1. The first-order chi connectivity index (χ1) is 11.0. The number of ether oxygens (including phenoxy) is 1. The number of nitrogens with zero attached hydrogens (tertiary/aromatic N) is 2. The SMILES string of the molecule is COC(=O)c1ccc2c(c1)CCN(C[C@H](C)NC(=O)/C=N\O)C2. The summed E-state index contributed by atoms with van der Waals surface area (Å²) in [7, 11) is 1.38. The van der Waals surface area contributed by atoms with Crippen LogP contribution in [-0.2, 0) is 22.5 Å². The summed E-state index contributed by atoms with van der Waals surface area (Å²) >= 11 is 0. The van der Waals surface area contributed by atoms with E-state index in [2.05, 4.69) is 15.4 Å². The maximum absolute atomic E-state index is 11.6. The molecule has 2 rings (SSSR count). The van der Waals surface area contributed by atoms with Crippen LogP contribution in [-0.4, -0.2) is 54.4 Å². The maximum Gasteiger partial charge on any atom is 0.337 e. The summed E-state index contributed by atoms with van der Waals surface area (Å²) in [4.78, 5) is 25.1. The molecule has 0 saturated heterocycles. The van der Waals surface area contributed by atoms with E-state index in [9.17, 15) is 9.59 Å². The van der Waals surface area contributed by atoms with Gasteiger partial charge in [-0.25, -0.2) is 4.79 Å². The van der Waals surface area contributed by atoms with E-state index < -0.39 is 5.91 Å². The van der Waals surface area contributed by atoms with Crippen molar-refractivity contribution in [1.82, 2.24) is 10.2 Å². The molecule has 0 radical (unpaired) electrons. The van der Waals surface area contributed by atoms with Gasteiger partial charge >= 0.3 is 5.97 Å². The standard InChI is InChI=1S/C16H21N3O4/c1-11(18-15(20)8-17-22)9-19-6-5-12-7-13(16(21)23-2)3-4-14(12)10-19/h3-4,7-8,11,22H,5-6,9-10H2,1-2H3,(H,18,20)/b17-8-/t11-/m0/s1. The van der Waals surface area contributed by atoms with Crippen molar-refractivity contribution in [1.29, 1.82) is 0 Å². The number of benzene rings is 1. The van der Waals surface area contributed by atoms with Crippen LogP contribution in [0.5, 0.6) is 0 Å². The molecule has 1 aliphatic heterocycles. The molecule has 1 aromatic rings. The van der Waals surface area contributed by atoms with Crippen molar-refractivity contribution in [3.05, 3.63) is 34.9 Å². The minimum Gasteiger partial charge on any atom is -0.465 e. The predicted octanol–water partition coefficient (Wildman–Crippen LogP) is 0.796. The quantitative estimate of drug-likeness (QED) is 0.362. The monoisotopic (exact) mass is 319 g/mol. The van der Waals surface area contributed by atoms with Gasteiger partial charge in [-0.2, -0.15) is 0 Å². The molecule has 1 amide bonds. The van der Waals surface area contributed by atoms with Crippen LogP contribution in [0.1, 0.15) is 28.4 Å². The van der Waals surface area contributed by atoms with Crippen LogP contribution in [0.4, 0.5) is 0 Å². The van der Waals surface area contributed by atoms with E-state index in [1.165, 1.54) is 12.7 Å². The Hall–Kier alpha value is -2.41. The van der Waals surface area contributed by atoms with Crippen LogP contribution >= 0.6 is 0 Å². The molecule has 7 heteroatoms. The first-order valence-electron chi connectivity index (χ1n) is 7.44. The second kappa shape index (κ2) is 7.73. The number of amides is 1. The summed E-state index contributed by atoms with van der Waals surface area (Å²) < 4.78 is 4.74. The highest BCUT2D eigenvalue weighted by molar-refractivity contribution is 6.26. The second-order valence-corrected chi connectivity index (χ2v) is 5.61. The Morgan fingerprint density at radius 3 is 2.96 bits per heavy atom. The zero-order chi connectivity index (χ0) is 16.8. The molecule has 0 aliphatic carbocycles. The van der Waals surface area contributed by atoms with Crippen LogP contribution in [0.2, 0.25) is 0 Å². The fourth-order valence-electron chi connectivity index (χ4n) is 2.78. The Balaban J connectivity index is 1.95. The third-order valence-electron chi connectivity index (χ3n) is 3.81. The number of nitrogens with one attached hydrogen (secondary N) is 1. The minimum absolute atomic E-state index is 0.0589. The van der Waals surface area contributed by atoms with Gasteiger partial charge in [0.05, 0.1) is 12.7 Å². The summed E-state index contributed by atoms with van der Waals surface area (Å²) in [5.41, 5.74) is 2.91. The van der Waals surface area contributed by atoms with Gasteiger partial charge in [-0.05, 0) is 36.6 Å². The first kappa shape index (κ1) is 17.0. The molecule has 7 nitrogen and oxygen atoms in total. The van der Waals surface area contributed by atoms with Crippen molar-refractivity contribution < 1.29 is 19.5 Å². The van der Waals surface area contributed by atoms with Crippen molar-refractivity contribution in [3.8, 4) is 0 Å². The average molecular weight is 319 g/mol. The van der Waals surface area contributed by atoms with Gasteiger partial charge in [-0.3, -0.25) is 9.69 Å². The van der Waals surface area contributed by atoms with E-state index >= 15 is 0 Å². The van der Waals surface area contributed by atoms with Crippen molar-refractivity contribution in [3.63, 3.8) is 0 Å². The van der Waals surface area contributed by atoms with Crippen molar-refractivity contribution in [2.45, 2.75) is 25.9 Å². The molecule has 1 aliphatic rings. The van der Waals surface area contributed by atoms with E-state index in [1.807, 2.05) is 19.1 Å². The number of esters is 1. The molecular weight excluding hydrogens is 298 g/mol. The largest absolute Gasteiger partial charge is 0.465 e. The third kappa shape index (κ3) is 4.53. The summed E-state index contributed by atoms with van der Waals surface area (Å²) in [5, 5.41) is 13.8. The molecule has 1 heterocycles. The van der Waals surface area contributed by atoms with Gasteiger partial charge in [0.1, 0.15) is 6.21 Å². The maximum atomic E-state index is 11.6. The Morgan fingerprint density at radius 2 is 2.26 bits per heavy atom. The topological polar surface area (TPSA) is 91.2 Å². The van der Waals surface area contributed by atoms with Gasteiger partial charge in [0.25, 0.3) is 5.91 Å². The fraction of sp³-hybridized carbons (Fsp3) is 0.438. The lowest BCUT2D eigenvalue weighted by Gasteiger charge is -2.31. The number of oxime groups is 1. The molecule has 0 spiro atoms. The van der Waals surface area contributed by atoms with Crippen LogP contribution in [0.3, 0.4) is 0 Å². The lowest BCUT2D eigenvalue weighted by atomic mass is 9.97. The average Bonchev–Trinajstić information content (AvgIpc) is 2.53. The lowest BCUT2D eigenvalue weighted by molar-refractivity contribution is -0.115. The highest BCUT2D eigenvalue weighted by Gasteiger charge is 2.20. The van der Waals surface area contributed by atoms with Gasteiger partial charge in [-0.15, -0.1) is 0 Å². The molecule has 0 aromatic heterocycles. The molecule has 1 aromatic carbocycles. The summed E-state index contributed by atoms with van der Waals surface area (Å²) in [6, 6.07) is 5.56. The van der Waals surface area contributed by atoms with E-state index in [0.29, 0.717) is 12.1 Å². The highest BCUT2D eigenvalue weighted by atomic mass is 16.5. The zero-order valence-electron chi connectivity index (χ0n) is 13.3. The Labute approximate surface area is 134 Å². The molecule has 0 unspecified atom stereocenters. The molecule has 2 N–H and O–H groups in total. The Morgan fingerprint density at radius 1 is 1.48 bits per heavy atom. The Bertz CT molecular complexity index is 615. The molecule has 0 saturated carbocycles. The number of methoxy groups -OCH3 is 1. The van der Waals surface area contributed by atoms with E-state index in [4.69, 9.17) is 9.94 Å². The number of hydrogen-bond acceptors (Lipinski definition) is 6. The van der Waals surface area contributed by atoms with Crippen LogP contribution in [0.15, 0.2) is 23.4 Å². The van der Waals surface area contributed by atoms with Gasteiger partial charge in [-0.1, -0.05) is 11.2 Å². The predicted molar refractivity (Wildman–Crippen MR) is 84.6 cm³/mol. The molecular formula is C16H21N3O4. The molecule has 23 heavy (non-hydrogen) atoms. The van der Waals surface area contributed by atoms with Gasteiger partial charge < -0.3 is 15.3 Å². The van der Waals surface area contributed by atoms with Crippen molar-refractivity contribution in [2.75, 3.05) is 20.2 Å². The molecule has 0 bridgehead atoms. The zero-order valence-corrected chi connectivity index (χ0v) is 13.3. The summed E-state index contributed by atoms with van der Waals surface area (Å²) in [6.45, 7) is 4.22. The van der Waals surface area contributed by atoms with Gasteiger partial charge in [0.15, 0.2) is 0 Å². The number of rotatable bonds is 5. The summed E-state index contributed by atoms with van der Waals surface area (Å²) in [5.74, 6) is -0.739. The second-order valence-electron chi connectivity index (χ2n) is 5.61. The molecule has 0 fully saturated rings.